The fraction of sp³-hybridized carbons (Fsp3) is 0.348. The van der Waals surface area contributed by atoms with Gasteiger partial charge >= 0.3 is 11.9 Å². The van der Waals surface area contributed by atoms with Gasteiger partial charge in [-0.05, 0) is 35.8 Å². The Hall–Kier alpha value is -2.93. The van der Waals surface area contributed by atoms with Gasteiger partial charge in [0.15, 0.2) is 0 Å². The lowest BCUT2D eigenvalue weighted by Crippen LogP contribution is -2.36. The monoisotopic (exact) mass is 425 g/mol. The smallest absolute Gasteiger partial charge is 0.341 e. The zero-order valence-electron chi connectivity index (χ0n) is 16.8. The van der Waals surface area contributed by atoms with Gasteiger partial charge < -0.3 is 15.2 Å². The molecule has 1 amide bonds. The van der Waals surface area contributed by atoms with Crippen LogP contribution in [-0.2, 0) is 20.7 Å². The van der Waals surface area contributed by atoms with Crippen molar-refractivity contribution in [2.45, 2.75) is 19.8 Å². The van der Waals surface area contributed by atoms with E-state index in [2.05, 4.69) is 12.2 Å². The highest BCUT2D eigenvalue weighted by Gasteiger charge is 2.51. The van der Waals surface area contributed by atoms with Crippen LogP contribution in [0.25, 0.3) is 11.1 Å². The predicted octanol–water partition coefficient (Wildman–Crippen LogP) is 4.23. The minimum atomic E-state index is -0.955. The van der Waals surface area contributed by atoms with Gasteiger partial charge in [0.2, 0.25) is 5.91 Å². The number of amides is 1. The Morgan fingerprint density at radius 2 is 1.80 bits per heavy atom. The molecule has 156 valence electrons. The van der Waals surface area contributed by atoms with Crippen molar-refractivity contribution in [3.63, 3.8) is 0 Å². The highest BCUT2D eigenvalue weighted by Crippen LogP contribution is 2.49. The van der Waals surface area contributed by atoms with Crippen LogP contribution in [0.4, 0.5) is 5.00 Å². The lowest BCUT2D eigenvalue weighted by atomic mass is 9.82. The molecule has 1 heterocycles. The van der Waals surface area contributed by atoms with Crippen LogP contribution in [0.15, 0.2) is 41.8 Å². The third kappa shape index (κ3) is 3.43. The SMILES string of the molecule is CCc1ccc(-c2csc(NC(=O)[C@H]3[C@@H](C(=O)O)[C@H]4C=C[C@@H]3C4)c2C(=O)OC)cc1. The van der Waals surface area contributed by atoms with E-state index in [0.29, 0.717) is 22.5 Å². The molecule has 1 aromatic heterocycles. The van der Waals surface area contributed by atoms with Crippen LogP contribution in [0.5, 0.6) is 0 Å². The van der Waals surface area contributed by atoms with E-state index in [1.54, 1.807) is 0 Å². The topological polar surface area (TPSA) is 92.7 Å². The molecule has 30 heavy (non-hydrogen) atoms. The van der Waals surface area contributed by atoms with E-state index in [-0.39, 0.29) is 17.7 Å². The first-order valence-corrected chi connectivity index (χ1v) is 10.8. The number of methoxy groups -OCH3 is 1. The largest absolute Gasteiger partial charge is 0.481 e. The second-order valence-corrected chi connectivity index (χ2v) is 8.60. The number of aliphatic carboxylic acids is 1. The summed E-state index contributed by atoms with van der Waals surface area (Å²) < 4.78 is 4.97. The van der Waals surface area contributed by atoms with Crippen LogP contribution in [0.2, 0.25) is 0 Å². The first-order chi connectivity index (χ1) is 14.4. The number of aryl methyl sites for hydroxylation is 1. The van der Waals surface area contributed by atoms with Crippen LogP contribution in [0.3, 0.4) is 0 Å². The molecular weight excluding hydrogens is 402 g/mol. The van der Waals surface area contributed by atoms with Gasteiger partial charge in [0.05, 0.1) is 18.9 Å². The molecule has 2 aliphatic carbocycles. The summed E-state index contributed by atoms with van der Waals surface area (Å²) in [6.07, 6.45) is 5.43. The van der Waals surface area contributed by atoms with Crippen LogP contribution in [0.1, 0.15) is 29.3 Å². The van der Waals surface area contributed by atoms with Crippen LogP contribution >= 0.6 is 11.3 Å². The van der Waals surface area contributed by atoms with Crippen LogP contribution in [0, 0.1) is 23.7 Å². The molecule has 6 nitrogen and oxygen atoms in total. The number of carbonyl (C=O) groups is 3. The molecule has 2 aromatic rings. The van der Waals surface area contributed by atoms with Crippen molar-refractivity contribution < 1.29 is 24.2 Å². The Morgan fingerprint density at radius 3 is 2.40 bits per heavy atom. The number of carbonyl (C=O) groups excluding carboxylic acids is 2. The maximum absolute atomic E-state index is 13.1. The molecule has 0 radical (unpaired) electrons. The summed E-state index contributed by atoms with van der Waals surface area (Å²) in [6, 6.07) is 7.90. The second-order valence-electron chi connectivity index (χ2n) is 7.72. The predicted molar refractivity (Wildman–Crippen MR) is 114 cm³/mol. The first-order valence-electron chi connectivity index (χ1n) is 9.95. The summed E-state index contributed by atoms with van der Waals surface area (Å²) in [4.78, 5) is 37.3. The first kappa shape index (κ1) is 20.3. The third-order valence-corrected chi connectivity index (χ3v) is 7.03. The third-order valence-electron chi connectivity index (χ3n) is 6.14. The van der Waals surface area contributed by atoms with Crippen molar-refractivity contribution in [1.82, 2.24) is 0 Å². The van der Waals surface area contributed by atoms with E-state index in [9.17, 15) is 19.5 Å². The Bertz CT molecular complexity index is 1020. The van der Waals surface area contributed by atoms with Gasteiger partial charge in [-0.2, -0.15) is 0 Å². The number of nitrogens with one attached hydrogen (secondary N) is 1. The number of carboxylic acid groups (broad SMARTS) is 1. The molecule has 0 spiro atoms. The number of fused-ring (bicyclic) bond motifs is 2. The van der Waals surface area contributed by atoms with Gasteiger partial charge in [0, 0.05) is 10.9 Å². The molecule has 2 bridgehead atoms. The summed E-state index contributed by atoms with van der Waals surface area (Å²) in [5.41, 5.74) is 3.03. The average Bonchev–Trinajstić information content (AvgIpc) is 3.47. The summed E-state index contributed by atoms with van der Waals surface area (Å²) in [7, 11) is 1.30. The molecular formula is C23H23NO5S. The number of thiophene rings is 1. The number of hydrogen-bond acceptors (Lipinski definition) is 5. The summed E-state index contributed by atoms with van der Waals surface area (Å²) in [6.45, 7) is 2.07. The lowest BCUT2D eigenvalue weighted by Gasteiger charge is -2.23. The minimum Gasteiger partial charge on any atom is -0.481 e. The van der Waals surface area contributed by atoms with E-state index in [4.69, 9.17) is 4.74 Å². The molecule has 0 saturated heterocycles. The number of anilines is 1. The van der Waals surface area contributed by atoms with Gasteiger partial charge in [-0.25, -0.2) is 4.79 Å². The fourth-order valence-electron chi connectivity index (χ4n) is 4.60. The van der Waals surface area contributed by atoms with E-state index >= 15 is 0 Å². The summed E-state index contributed by atoms with van der Waals surface area (Å²) in [5.74, 6) is -3.43. The van der Waals surface area contributed by atoms with Gasteiger partial charge in [0.1, 0.15) is 10.6 Å². The fourth-order valence-corrected chi connectivity index (χ4v) is 5.56. The zero-order chi connectivity index (χ0) is 21.4. The quantitative estimate of drug-likeness (QED) is 0.534. The maximum atomic E-state index is 13.1. The Balaban J connectivity index is 1.65. The molecule has 2 N–H and O–H groups in total. The molecule has 4 rings (SSSR count). The molecule has 7 heteroatoms. The molecule has 0 unspecified atom stereocenters. The molecule has 4 atom stereocenters. The normalized spacial score (nSPS) is 24.1. The Morgan fingerprint density at radius 1 is 1.13 bits per heavy atom. The number of esters is 1. The van der Waals surface area contributed by atoms with Gasteiger partial charge in [0.25, 0.3) is 0 Å². The number of ether oxygens (including phenoxy) is 1. The Kier molecular flexibility index (Phi) is 5.47. The van der Waals surface area contributed by atoms with E-state index in [1.165, 1.54) is 24.0 Å². The lowest BCUT2D eigenvalue weighted by molar-refractivity contribution is -0.146. The standard InChI is InChI=1S/C23H23NO5S/c1-3-12-4-6-13(7-5-12)16-11-30-21(19(16)23(28)29-2)24-20(25)17-14-8-9-15(10-14)18(17)22(26)27/h4-9,11,14-15,17-18H,3,10H2,1-2H3,(H,24,25)(H,26,27)/t14-,15+,17-,18+/m1/s1. The molecule has 1 saturated carbocycles. The van der Waals surface area contributed by atoms with Gasteiger partial charge in [-0.15, -0.1) is 11.3 Å². The van der Waals surface area contributed by atoms with E-state index in [0.717, 1.165) is 12.0 Å². The highest BCUT2D eigenvalue weighted by molar-refractivity contribution is 7.15. The Labute approximate surface area is 178 Å². The van der Waals surface area contributed by atoms with Crippen molar-refractivity contribution in [2.24, 2.45) is 23.7 Å². The number of benzene rings is 1. The minimum absolute atomic E-state index is 0.0845. The van der Waals surface area contributed by atoms with E-state index < -0.39 is 23.8 Å². The van der Waals surface area contributed by atoms with Crippen molar-refractivity contribution in [3.8, 4) is 11.1 Å². The van der Waals surface area contributed by atoms with Crippen LogP contribution < -0.4 is 5.32 Å². The summed E-state index contributed by atoms with van der Waals surface area (Å²) >= 11 is 1.24. The molecule has 1 aromatic carbocycles. The number of hydrogen-bond donors (Lipinski definition) is 2. The second kappa shape index (κ2) is 8.07. The maximum Gasteiger partial charge on any atom is 0.341 e. The molecule has 1 fully saturated rings. The summed E-state index contributed by atoms with van der Waals surface area (Å²) in [5, 5.41) is 14.6. The molecule has 2 aliphatic rings. The van der Waals surface area contributed by atoms with Gasteiger partial charge in [-0.1, -0.05) is 43.3 Å². The van der Waals surface area contributed by atoms with Crippen molar-refractivity contribution in [2.75, 3.05) is 12.4 Å². The van der Waals surface area contributed by atoms with Crippen molar-refractivity contribution in [3.05, 3.63) is 52.9 Å². The van der Waals surface area contributed by atoms with E-state index in [1.807, 2.05) is 41.8 Å². The molecule has 0 aliphatic heterocycles. The number of rotatable bonds is 6. The van der Waals surface area contributed by atoms with Crippen molar-refractivity contribution >= 4 is 34.2 Å². The zero-order valence-corrected chi connectivity index (χ0v) is 17.6. The van der Waals surface area contributed by atoms with Crippen LogP contribution in [-0.4, -0.2) is 30.1 Å². The number of allylic oxidation sites excluding steroid dienone is 2. The number of carboxylic acids is 1. The highest BCUT2D eigenvalue weighted by atomic mass is 32.1. The van der Waals surface area contributed by atoms with Crippen molar-refractivity contribution in [1.29, 1.82) is 0 Å². The average molecular weight is 426 g/mol. The van der Waals surface area contributed by atoms with Gasteiger partial charge in [-0.3, -0.25) is 9.59 Å².